The summed E-state index contributed by atoms with van der Waals surface area (Å²) in [5.41, 5.74) is 0. The molecule has 2 aliphatic heterocycles. The number of hydrogen-bond donors (Lipinski definition) is 2. The van der Waals surface area contributed by atoms with Crippen LogP contribution in [0.2, 0.25) is 0 Å². The van der Waals surface area contributed by atoms with Crippen LogP contribution in [0.25, 0.3) is 0 Å². The number of aliphatic hydroxyl groups is 2. The number of amides is 1. The summed E-state index contributed by atoms with van der Waals surface area (Å²) in [6.07, 6.45) is 0.759. The van der Waals surface area contributed by atoms with Crippen LogP contribution in [0.1, 0.15) is 19.3 Å². The number of carbonyl (C=O) groups excluding carboxylic acids is 1. The molecule has 0 radical (unpaired) electrons. The SMILES string of the molecule is O=C1CCCC2C(O)C(O)CN12. The molecule has 1 amide bonds. The summed E-state index contributed by atoms with van der Waals surface area (Å²) in [6.45, 7) is 0.310. The number of piperidine rings is 1. The zero-order chi connectivity index (χ0) is 8.72. The number of rotatable bonds is 0. The Balaban J connectivity index is 2.16. The van der Waals surface area contributed by atoms with Gasteiger partial charge in [-0.25, -0.2) is 0 Å². The first kappa shape index (κ1) is 8.01. The molecule has 4 nitrogen and oxygen atoms in total. The maximum Gasteiger partial charge on any atom is 0.222 e. The molecule has 0 aromatic carbocycles. The summed E-state index contributed by atoms with van der Waals surface area (Å²) < 4.78 is 0. The molecule has 2 aliphatic rings. The zero-order valence-electron chi connectivity index (χ0n) is 6.81. The largest absolute Gasteiger partial charge is 0.388 e. The molecule has 0 bridgehead atoms. The third kappa shape index (κ3) is 1.03. The van der Waals surface area contributed by atoms with E-state index >= 15 is 0 Å². The standard InChI is InChI=1S/C8H13NO3/c10-6-4-9-5(8(6)12)2-1-3-7(9)11/h5-6,8,10,12H,1-4H2. The van der Waals surface area contributed by atoms with E-state index in [-0.39, 0.29) is 11.9 Å². The third-order valence-electron chi connectivity index (χ3n) is 2.78. The summed E-state index contributed by atoms with van der Waals surface area (Å²) in [7, 11) is 0. The van der Waals surface area contributed by atoms with Gasteiger partial charge in [0.2, 0.25) is 5.91 Å². The number of aliphatic hydroxyl groups excluding tert-OH is 2. The predicted molar refractivity (Wildman–Crippen MR) is 41.4 cm³/mol. The summed E-state index contributed by atoms with van der Waals surface area (Å²) in [4.78, 5) is 12.9. The van der Waals surface area contributed by atoms with Crippen LogP contribution in [0.3, 0.4) is 0 Å². The number of fused-ring (bicyclic) bond motifs is 1. The van der Waals surface area contributed by atoms with Gasteiger partial charge in [0.1, 0.15) is 6.10 Å². The first-order valence-electron chi connectivity index (χ1n) is 4.36. The normalized spacial score (nSPS) is 41.7. The van der Waals surface area contributed by atoms with E-state index in [0.29, 0.717) is 13.0 Å². The van der Waals surface area contributed by atoms with E-state index in [0.717, 1.165) is 12.8 Å². The molecule has 68 valence electrons. The molecule has 0 saturated carbocycles. The van der Waals surface area contributed by atoms with Gasteiger partial charge in [-0.1, -0.05) is 0 Å². The van der Waals surface area contributed by atoms with Crippen molar-refractivity contribution in [1.82, 2.24) is 4.90 Å². The molecule has 2 saturated heterocycles. The van der Waals surface area contributed by atoms with E-state index < -0.39 is 12.2 Å². The molecule has 2 N–H and O–H groups in total. The summed E-state index contributed by atoms with van der Waals surface area (Å²) >= 11 is 0. The van der Waals surface area contributed by atoms with Crippen molar-refractivity contribution in [3.63, 3.8) is 0 Å². The molecule has 4 heteroatoms. The zero-order valence-corrected chi connectivity index (χ0v) is 6.81. The fourth-order valence-electron chi connectivity index (χ4n) is 2.11. The molecular weight excluding hydrogens is 158 g/mol. The van der Waals surface area contributed by atoms with Gasteiger partial charge in [0.25, 0.3) is 0 Å². The van der Waals surface area contributed by atoms with E-state index in [1.54, 1.807) is 4.90 Å². The van der Waals surface area contributed by atoms with Crippen LogP contribution < -0.4 is 0 Å². The fraction of sp³-hybridized carbons (Fsp3) is 0.875. The van der Waals surface area contributed by atoms with Crippen LogP contribution >= 0.6 is 0 Å². The predicted octanol–water partition coefficient (Wildman–Crippen LogP) is -0.897. The second-order valence-electron chi connectivity index (χ2n) is 3.56. The molecule has 12 heavy (non-hydrogen) atoms. The summed E-state index contributed by atoms with van der Waals surface area (Å²) in [5, 5.41) is 18.8. The first-order chi connectivity index (χ1) is 5.70. The van der Waals surface area contributed by atoms with Crippen LogP contribution in [-0.2, 0) is 4.79 Å². The molecule has 0 spiro atoms. The van der Waals surface area contributed by atoms with Gasteiger partial charge in [-0.15, -0.1) is 0 Å². The van der Waals surface area contributed by atoms with Gasteiger partial charge in [-0.3, -0.25) is 4.79 Å². The minimum absolute atomic E-state index is 0.0712. The van der Waals surface area contributed by atoms with E-state index in [1.807, 2.05) is 0 Å². The Morgan fingerprint density at radius 1 is 1.42 bits per heavy atom. The molecule has 0 aromatic heterocycles. The van der Waals surface area contributed by atoms with Gasteiger partial charge in [0.05, 0.1) is 12.1 Å². The van der Waals surface area contributed by atoms with Gasteiger partial charge in [-0.05, 0) is 12.8 Å². The second kappa shape index (κ2) is 2.71. The molecule has 3 unspecified atom stereocenters. The van der Waals surface area contributed by atoms with Crippen LogP contribution in [0.4, 0.5) is 0 Å². The van der Waals surface area contributed by atoms with E-state index in [1.165, 1.54) is 0 Å². The van der Waals surface area contributed by atoms with Crippen molar-refractivity contribution in [2.24, 2.45) is 0 Å². The van der Waals surface area contributed by atoms with Gasteiger partial charge in [0.15, 0.2) is 0 Å². The minimum atomic E-state index is -0.739. The maximum atomic E-state index is 11.3. The monoisotopic (exact) mass is 171 g/mol. The Kier molecular flexibility index (Phi) is 1.81. The third-order valence-corrected chi connectivity index (χ3v) is 2.78. The van der Waals surface area contributed by atoms with E-state index in [2.05, 4.69) is 0 Å². The van der Waals surface area contributed by atoms with Crippen LogP contribution in [-0.4, -0.2) is 45.8 Å². The Bertz CT molecular complexity index is 206. The Labute approximate surface area is 70.8 Å². The van der Waals surface area contributed by atoms with Crippen molar-refractivity contribution in [3.8, 4) is 0 Å². The lowest BCUT2D eigenvalue weighted by Gasteiger charge is -2.30. The van der Waals surface area contributed by atoms with Crippen LogP contribution in [0.5, 0.6) is 0 Å². The Morgan fingerprint density at radius 2 is 2.17 bits per heavy atom. The van der Waals surface area contributed by atoms with Gasteiger partial charge in [-0.2, -0.15) is 0 Å². The Hall–Kier alpha value is -0.610. The highest BCUT2D eigenvalue weighted by molar-refractivity contribution is 5.77. The maximum absolute atomic E-state index is 11.3. The Morgan fingerprint density at radius 3 is 2.83 bits per heavy atom. The number of nitrogens with zero attached hydrogens (tertiary/aromatic N) is 1. The lowest BCUT2D eigenvalue weighted by atomic mass is 10.00. The lowest BCUT2D eigenvalue weighted by molar-refractivity contribution is -0.135. The highest BCUT2D eigenvalue weighted by Crippen LogP contribution is 2.27. The van der Waals surface area contributed by atoms with Crippen LogP contribution in [0.15, 0.2) is 0 Å². The minimum Gasteiger partial charge on any atom is -0.388 e. The summed E-state index contributed by atoms with van der Waals surface area (Å²) in [6, 6.07) is -0.124. The molecule has 0 aromatic rings. The van der Waals surface area contributed by atoms with Crippen LogP contribution in [0, 0.1) is 0 Å². The van der Waals surface area contributed by atoms with Crippen molar-refractivity contribution in [1.29, 1.82) is 0 Å². The highest BCUT2D eigenvalue weighted by Gasteiger charge is 2.43. The molecule has 2 rings (SSSR count). The van der Waals surface area contributed by atoms with Crippen molar-refractivity contribution < 1.29 is 15.0 Å². The topological polar surface area (TPSA) is 60.8 Å². The van der Waals surface area contributed by atoms with Gasteiger partial charge >= 0.3 is 0 Å². The molecule has 2 fully saturated rings. The second-order valence-corrected chi connectivity index (χ2v) is 3.56. The lowest BCUT2D eigenvalue weighted by Crippen LogP contribution is -2.42. The van der Waals surface area contributed by atoms with Gasteiger partial charge < -0.3 is 15.1 Å². The van der Waals surface area contributed by atoms with E-state index in [9.17, 15) is 15.0 Å². The van der Waals surface area contributed by atoms with Crippen molar-refractivity contribution >= 4 is 5.91 Å². The number of hydrogen-bond acceptors (Lipinski definition) is 3. The number of carbonyl (C=O) groups is 1. The fourth-order valence-corrected chi connectivity index (χ4v) is 2.11. The van der Waals surface area contributed by atoms with E-state index in [4.69, 9.17) is 0 Å². The molecular formula is C8H13NO3. The quantitative estimate of drug-likeness (QED) is 0.496. The average molecular weight is 171 g/mol. The first-order valence-corrected chi connectivity index (χ1v) is 4.36. The highest BCUT2D eigenvalue weighted by atomic mass is 16.3. The smallest absolute Gasteiger partial charge is 0.222 e. The van der Waals surface area contributed by atoms with Crippen molar-refractivity contribution in [2.45, 2.75) is 37.5 Å². The van der Waals surface area contributed by atoms with Crippen molar-refractivity contribution in [3.05, 3.63) is 0 Å². The van der Waals surface area contributed by atoms with Crippen molar-refractivity contribution in [2.75, 3.05) is 6.54 Å². The summed E-state index contributed by atoms with van der Waals surface area (Å²) in [5.74, 6) is 0.0712. The molecule has 2 heterocycles. The van der Waals surface area contributed by atoms with Gasteiger partial charge in [0, 0.05) is 13.0 Å². The molecule has 0 aliphatic carbocycles. The average Bonchev–Trinajstić information content (AvgIpc) is 2.32. The molecule has 3 atom stereocenters.